The molecule has 0 spiro atoms. The number of ketones is 1. The van der Waals surface area contributed by atoms with Crippen molar-refractivity contribution < 1.29 is 57.4 Å². The van der Waals surface area contributed by atoms with Gasteiger partial charge in [0.15, 0.2) is 17.7 Å². The first-order chi connectivity index (χ1) is 28.7. The molecule has 3 aliphatic heterocycles. The highest BCUT2D eigenvalue weighted by molar-refractivity contribution is 6.07. The van der Waals surface area contributed by atoms with E-state index in [-0.39, 0.29) is 25.5 Å². The maximum atomic E-state index is 17.0. The molecule has 5 heterocycles. The molecule has 2 aromatic rings. The summed E-state index contributed by atoms with van der Waals surface area (Å²) >= 11 is 0. The van der Waals surface area contributed by atoms with Gasteiger partial charge in [-0.05, 0) is 86.5 Å². The number of esters is 1. The molecule has 0 aromatic carbocycles. The summed E-state index contributed by atoms with van der Waals surface area (Å²) in [6.07, 6.45) is 0.798. The Kier molecular flexibility index (Phi) is 15.7. The van der Waals surface area contributed by atoms with Crippen LogP contribution in [0.5, 0.6) is 0 Å². The molecule has 2 aromatic heterocycles. The van der Waals surface area contributed by atoms with E-state index in [4.69, 9.17) is 28.4 Å². The highest BCUT2D eigenvalue weighted by Gasteiger charge is 2.61. The minimum absolute atomic E-state index is 0.0355. The van der Waals surface area contributed by atoms with E-state index in [1.807, 2.05) is 36.7 Å². The smallest absolute Gasteiger partial charge is 0.410 e. The maximum Gasteiger partial charge on any atom is 0.410 e. The van der Waals surface area contributed by atoms with Crippen LogP contribution in [-0.2, 0) is 44.6 Å². The van der Waals surface area contributed by atoms with Crippen LogP contribution in [0.3, 0.4) is 0 Å². The van der Waals surface area contributed by atoms with Gasteiger partial charge in [-0.1, -0.05) is 13.8 Å². The summed E-state index contributed by atoms with van der Waals surface area (Å²) in [5.74, 6) is -3.95. The van der Waals surface area contributed by atoms with Crippen LogP contribution in [0.15, 0.2) is 37.1 Å². The summed E-state index contributed by atoms with van der Waals surface area (Å²) in [4.78, 5) is 54.1. The molecule has 18 heteroatoms. The molecule has 0 bridgehead atoms. The lowest BCUT2D eigenvalue weighted by Gasteiger charge is -2.49. The number of carbonyl (C=O) groups is 3. The lowest BCUT2D eigenvalue weighted by molar-refractivity contribution is -0.320. The van der Waals surface area contributed by atoms with Crippen LogP contribution in [0.2, 0.25) is 0 Å². The Bertz CT molecular complexity index is 1790. The zero-order valence-corrected chi connectivity index (χ0v) is 37.4. The molecule has 5 rings (SSSR count). The van der Waals surface area contributed by atoms with Gasteiger partial charge in [0.25, 0.3) is 5.67 Å². The number of pyridine rings is 1. The largest absolute Gasteiger partial charge is 0.455 e. The number of Topliss-reactive ketones (excluding diaryl/α,β-unsaturated/α-hetero) is 1. The Hall–Kier alpha value is -3.62. The molecule has 14 atom stereocenters. The second-order valence-electron chi connectivity index (χ2n) is 17.7. The number of ether oxygens (including phenoxy) is 6. The number of unbranched alkanes of at least 4 members (excludes halogenated alkanes) is 1. The Labute approximate surface area is 358 Å². The molecule has 17 nitrogen and oxygen atoms in total. The van der Waals surface area contributed by atoms with E-state index in [0.717, 1.165) is 18.2 Å². The number of cyclic esters (lactones) is 1. The van der Waals surface area contributed by atoms with E-state index in [9.17, 15) is 24.6 Å². The summed E-state index contributed by atoms with van der Waals surface area (Å²) in [6, 6.07) is 1.37. The quantitative estimate of drug-likeness (QED) is 0.151. The first-order valence-electron chi connectivity index (χ1n) is 21.2. The Morgan fingerprint density at radius 2 is 1.77 bits per heavy atom. The molecule has 0 aliphatic carbocycles. The van der Waals surface area contributed by atoms with E-state index in [1.165, 1.54) is 21.1 Å². The number of alkyl halides is 1. The fourth-order valence-corrected chi connectivity index (χ4v) is 9.62. The van der Waals surface area contributed by atoms with E-state index in [2.05, 4.69) is 15.3 Å². The number of imidazole rings is 1. The first kappa shape index (κ1) is 48.4. The van der Waals surface area contributed by atoms with Gasteiger partial charge in [-0.3, -0.25) is 14.7 Å². The Balaban J connectivity index is 1.44. The molecule has 1 amide bonds. The number of nitrogens with one attached hydrogen (secondary N) is 1. The van der Waals surface area contributed by atoms with Crippen molar-refractivity contribution in [3.8, 4) is 11.3 Å². The van der Waals surface area contributed by atoms with E-state index in [1.54, 1.807) is 63.4 Å². The van der Waals surface area contributed by atoms with Crippen molar-refractivity contribution in [2.24, 2.45) is 5.92 Å². The third-order valence-electron chi connectivity index (χ3n) is 12.8. The summed E-state index contributed by atoms with van der Waals surface area (Å²) in [7, 11) is 6.25. The van der Waals surface area contributed by atoms with E-state index >= 15 is 4.39 Å². The topological polar surface area (TPSA) is 196 Å². The lowest BCUT2D eigenvalue weighted by Crippen LogP contribution is -2.66. The standard InChI is InChI=1S/C43H67FN6O11/c1-12-31-43(7)35(50(40(55)61-43)19-14-13-18-49-22-29(46-24-49)28-16-15-17-45-21-28)27(4)47-25(2)20-41(5,57-11)37(26(3)36(53)42(6,44)39(54)59-31)60-38-34(52)32(48(8)9)33(51)30(58-38)23-56-10/h15-17,21-22,24-27,30-35,37-38,47,51-52H,12-14,18-20,23H2,1-11H3/t25-,26+,27+,30-,31+,32+,33-,34-,35-,37-,38+,41+,42+,43-/m1/s1. The minimum atomic E-state index is -3.19. The number of hydrogen-bond acceptors (Lipinski definition) is 15. The molecule has 61 heavy (non-hydrogen) atoms. The Morgan fingerprint density at radius 3 is 2.39 bits per heavy atom. The van der Waals surface area contributed by atoms with E-state index in [0.29, 0.717) is 25.9 Å². The van der Waals surface area contributed by atoms with E-state index < -0.39 is 95.6 Å². The van der Waals surface area contributed by atoms with Crippen LogP contribution < -0.4 is 5.32 Å². The summed E-state index contributed by atoms with van der Waals surface area (Å²) in [5, 5.41) is 26.3. The van der Waals surface area contributed by atoms with Crippen molar-refractivity contribution in [2.75, 3.05) is 41.5 Å². The maximum absolute atomic E-state index is 17.0. The molecule has 3 N–H and O–H groups in total. The number of nitrogens with zero attached hydrogens (tertiary/aromatic N) is 5. The van der Waals surface area contributed by atoms with Gasteiger partial charge in [0.2, 0.25) is 0 Å². The number of rotatable bonds is 13. The number of aliphatic hydroxyl groups excluding tert-OH is 2. The van der Waals surface area contributed by atoms with Crippen molar-refractivity contribution in [3.05, 3.63) is 37.1 Å². The van der Waals surface area contributed by atoms with Gasteiger partial charge in [0.05, 0.1) is 42.4 Å². The van der Waals surface area contributed by atoms with Crippen molar-refractivity contribution >= 4 is 17.8 Å². The number of aliphatic hydroxyl groups is 2. The molecule has 0 radical (unpaired) electrons. The van der Waals surface area contributed by atoms with Crippen molar-refractivity contribution in [2.45, 2.75) is 159 Å². The van der Waals surface area contributed by atoms with Gasteiger partial charge in [0, 0.05) is 69.5 Å². The third-order valence-corrected chi connectivity index (χ3v) is 12.8. The third kappa shape index (κ3) is 10.1. The fraction of sp³-hybridized carbons (Fsp3) is 0.744. The van der Waals surface area contributed by atoms with Gasteiger partial charge in [-0.2, -0.15) is 0 Å². The van der Waals surface area contributed by atoms with Gasteiger partial charge < -0.3 is 53.4 Å². The summed E-state index contributed by atoms with van der Waals surface area (Å²) in [5.41, 5.74) is -4.30. The molecular weight excluding hydrogens is 796 g/mol. The molecule has 342 valence electrons. The molecule has 0 unspecified atom stereocenters. The summed E-state index contributed by atoms with van der Waals surface area (Å²) < 4.78 is 55.0. The van der Waals surface area contributed by atoms with Crippen LogP contribution in [0.1, 0.15) is 74.1 Å². The van der Waals surface area contributed by atoms with Crippen molar-refractivity contribution in [1.82, 2.24) is 29.7 Å². The fourth-order valence-electron chi connectivity index (χ4n) is 9.62. The second kappa shape index (κ2) is 19.8. The molecule has 3 aliphatic rings. The zero-order chi connectivity index (χ0) is 45.0. The van der Waals surface area contributed by atoms with Crippen LogP contribution in [-0.4, -0.2) is 172 Å². The number of halogens is 1. The molecular formula is C43H67FN6O11. The number of fused-ring (bicyclic) bond motifs is 1. The molecule has 3 saturated heterocycles. The highest BCUT2D eigenvalue weighted by Crippen LogP contribution is 2.41. The minimum Gasteiger partial charge on any atom is -0.455 e. The number of methoxy groups -OCH3 is 2. The van der Waals surface area contributed by atoms with Gasteiger partial charge in [0.1, 0.15) is 24.4 Å². The van der Waals surface area contributed by atoms with Crippen molar-refractivity contribution in [3.63, 3.8) is 0 Å². The molecule has 3 fully saturated rings. The van der Waals surface area contributed by atoms with Crippen LogP contribution in [0, 0.1) is 5.92 Å². The number of carbonyl (C=O) groups excluding carboxylic acids is 3. The Morgan fingerprint density at radius 1 is 1.07 bits per heavy atom. The average molecular weight is 863 g/mol. The van der Waals surface area contributed by atoms with Gasteiger partial charge in [-0.15, -0.1) is 0 Å². The lowest BCUT2D eigenvalue weighted by atomic mass is 9.78. The molecule has 0 saturated carbocycles. The SMILES string of the molecule is CC[C@@H]1OC(=O)[C@@](C)(F)C(=O)[C@H](C)[C@@H](O[C@@H]2O[C@H](COC)[C@@H](O)[C@H](N(C)C)[C@H]2O)[C@@](C)(OC)C[C@@H](C)N[C@@H](C)[C@H]2N(CCCCn3cnc(-c4cccnc4)c3)C(=O)O[C@]12C. The monoisotopic (exact) mass is 862 g/mol. The number of likely N-dealkylation sites (N-methyl/N-ethyl adjacent to an activating group) is 1. The number of amides is 1. The number of aryl methyl sites for hydroxylation is 1. The second-order valence-corrected chi connectivity index (χ2v) is 17.7. The van der Waals surface area contributed by atoms with Crippen molar-refractivity contribution in [1.29, 1.82) is 0 Å². The van der Waals surface area contributed by atoms with Gasteiger partial charge in [-0.25, -0.2) is 19.0 Å². The van der Waals surface area contributed by atoms with Crippen LogP contribution in [0.4, 0.5) is 9.18 Å². The van der Waals surface area contributed by atoms with Gasteiger partial charge >= 0.3 is 12.1 Å². The number of hydrogen-bond donors (Lipinski definition) is 3. The highest BCUT2D eigenvalue weighted by atomic mass is 19.1. The predicted molar refractivity (Wildman–Crippen MR) is 221 cm³/mol. The first-order valence-corrected chi connectivity index (χ1v) is 21.2. The predicted octanol–water partition coefficient (Wildman–Crippen LogP) is 3.14. The average Bonchev–Trinajstić information content (AvgIpc) is 3.79. The van der Waals surface area contributed by atoms with Crippen LogP contribution in [0.25, 0.3) is 11.3 Å². The summed E-state index contributed by atoms with van der Waals surface area (Å²) in [6.45, 7) is 12.2. The van der Waals surface area contributed by atoms with Crippen LogP contribution >= 0.6 is 0 Å². The zero-order valence-electron chi connectivity index (χ0n) is 37.4. The normalized spacial score (nSPS) is 37.9. The number of aromatic nitrogens is 3.